The minimum Gasteiger partial charge on any atom is -0.320 e. The van der Waals surface area contributed by atoms with Gasteiger partial charge in [-0.3, -0.25) is 0 Å². The van der Waals surface area contributed by atoms with Gasteiger partial charge in [-0.25, -0.2) is 0 Å². The first-order valence-corrected chi connectivity index (χ1v) is 4.49. The van der Waals surface area contributed by atoms with Crippen LogP contribution in [-0.4, -0.2) is 0 Å². The van der Waals surface area contributed by atoms with Crippen molar-refractivity contribution in [1.82, 2.24) is 0 Å². The molecule has 4 nitrogen and oxygen atoms in total. The Kier molecular flexibility index (Phi) is 1.98. The Labute approximate surface area is 81.5 Å². The van der Waals surface area contributed by atoms with Gasteiger partial charge in [-0.2, -0.15) is 0 Å². The summed E-state index contributed by atoms with van der Waals surface area (Å²) in [4.78, 5) is 0. The number of hydrogen-bond donors (Lipinski definition) is 4. The van der Waals surface area contributed by atoms with Gasteiger partial charge in [0.2, 0.25) is 0 Å². The van der Waals surface area contributed by atoms with Gasteiger partial charge in [0.05, 0.1) is 10.8 Å². The highest BCUT2D eigenvalue weighted by atomic mass is 14.7. The summed E-state index contributed by atoms with van der Waals surface area (Å²) in [5.41, 5.74) is 19.8. The molecule has 0 spiro atoms. The van der Waals surface area contributed by atoms with Crippen molar-refractivity contribution in [3.05, 3.63) is 24.3 Å². The van der Waals surface area contributed by atoms with Crippen LogP contribution >= 0.6 is 0 Å². The van der Waals surface area contributed by atoms with E-state index in [-0.39, 0.29) is 0 Å². The van der Waals surface area contributed by atoms with E-state index in [1.807, 2.05) is 24.3 Å². The van der Waals surface area contributed by atoms with E-state index in [1.165, 1.54) is 0 Å². The topological polar surface area (TPSA) is 111 Å². The molecule has 0 aliphatic rings. The van der Waals surface area contributed by atoms with E-state index in [4.69, 9.17) is 0 Å². The summed E-state index contributed by atoms with van der Waals surface area (Å²) in [5, 5.41) is 2.24. The third kappa shape index (κ3) is 1.18. The van der Waals surface area contributed by atoms with Crippen molar-refractivity contribution in [3.8, 4) is 0 Å². The number of benzene rings is 2. The van der Waals surface area contributed by atoms with Crippen molar-refractivity contribution in [3.63, 3.8) is 0 Å². The minimum absolute atomic E-state index is 0.966. The van der Waals surface area contributed by atoms with Crippen LogP contribution in [-0.2, 0) is 0 Å². The number of rotatable bonds is 0. The molecule has 0 atom stereocenters. The molecular weight excluding hydrogens is 176 g/mol. The lowest BCUT2D eigenvalue weighted by Gasteiger charge is -2.01. The first-order chi connectivity index (χ1) is 6.61. The molecule has 72 valence electrons. The smallest absolute Gasteiger partial charge is 0.197 e. The molecule has 0 unspecified atom stereocenters. The molecule has 0 aliphatic heterocycles. The van der Waals surface area contributed by atoms with Crippen LogP contribution in [0.1, 0.15) is 0 Å². The molecule has 0 fully saturated rings. The van der Waals surface area contributed by atoms with Crippen molar-refractivity contribution >= 4 is 33.5 Å². The normalized spacial score (nSPS) is 10.9. The van der Waals surface area contributed by atoms with Crippen LogP contribution in [0.15, 0.2) is 24.3 Å². The largest absolute Gasteiger partial charge is 0.320 e. The zero-order valence-electron chi connectivity index (χ0n) is 8.14. The van der Waals surface area contributed by atoms with Crippen molar-refractivity contribution < 1.29 is 22.9 Å². The molecule has 14 heavy (non-hydrogen) atoms. The van der Waals surface area contributed by atoms with E-state index < -0.39 is 0 Å². The average molecular weight is 192 g/mol. The fourth-order valence-corrected chi connectivity index (χ4v) is 1.62. The number of fused-ring (bicyclic) bond motifs is 1. The van der Waals surface area contributed by atoms with Crippen LogP contribution in [0.3, 0.4) is 0 Å². The third-order valence-corrected chi connectivity index (χ3v) is 2.62. The molecule has 0 radical (unpaired) electrons. The molecule has 0 saturated heterocycles. The molecule has 4 heteroatoms. The Morgan fingerprint density at radius 2 is 0.929 bits per heavy atom. The minimum atomic E-state index is 0.966. The van der Waals surface area contributed by atoms with Gasteiger partial charge in [-0.1, -0.05) is 0 Å². The summed E-state index contributed by atoms with van der Waals surface area (Å²) >= 11 is 0. The van der Waals surface area contributed by atoms with Crippen LogP contribution in [0, 0.1) is 0 Å². The van der Waals surface area contributed by atoms with E-state index in [1.54, 1.807) is 0 Å². The van der Waals surface area contributed by atoms with E-state index >= 15 is 0 Å². The highest BCUT2D eigenvalue weighted by Crippen LogP contribution is 2.30. The fourth-order valence-electron chi connectivity index (χ4n) is 1.62. The quantitative estimate of drug-likeness (QED) is 0.383. The Bertz CT molecular complexity index is 458. The predicted molar refractivity (Wildman–Crippen MR) is 54.1 cm³/mol. The molecule has 12 N–H and O–H groups in total. The van der Waals surface area contributed by atoms with E-state index in [0.29, 0.717) is 0 Å². The van der Waals surface area contributed by atoms with Gasteiger partial charge in [-0.05, 0) is 12.1 Å². The van der Waals surface area contributed by atoms with Crippen LogP contribution in [0.2, 0.25) is 0 Å². The summed E-state index contributed by atoms with van der Waals surface area (Å²) in [6.45, 7) is 0. The van der Waals surface area contributed by atoms with Crippen molar-refractivity contribution in [2.24, 2.45) is 0 Å². The lowest BCUT2D eigenvalue weighted by atomic mass is 10.0. The van der Waals surface area contributed by atoms with Gasteiger partial charge in [0.25, 0.3) is 0 Å². The van der Waals surface area contributed by atoms with Crippen molar-refractivity contribution in [1.29, 1.82) is 0 Å². The lowest BCUT2D eigenvalue weighted by Crippen LogP contribution is -2.51. The maximum absolute atomic E-state index is 4.01. The Morgan fingerprint density at radius 1 is 0.571 bits per heavy atom. The van der Waals surface area contributed by atoms with Gasteiger partial charge < -0.3 is 22.9 Å². The van der Waals surface area contributed by atoms with Crippen molar-refractivity contribution in [2.75, 3.05) is 0 Å². The second-order valence-corrected chi connectivity index (χ2v) is 3.50. The third-order valence-electron chi connectivity index (χ3n) is 2.62. The van der Waals surface area contributed by atoms with Crippen LogP contribution in [0.25, 0.3) is 10.8 Å². The Morgan fingerprint density at radius 3 is 1.29 bits per heavy atom. The first-order valence-electron chi connectivity index (χ1n) is 4.49. The molecule has 0 saturated carbocycles. The summed E-state index contributed by atoms with van der Waals surface area (Å²) in [6, 6.07) is 8.00. The highest BCUT2D eigenvalue weighted by molar-refractivity contribution is 6.01. The van der Waals surface area contributed by atoms with Gasteiger partial charge in [0.15, 0.2) is 22.7 Å². The van der Waals surface area contributed by atoms with Crippen LogP contribution in [0.5, 0.6) is 0 Å². The van der Waals surface area contributed by atoms with E-state index in [9.17, 15) is 0 Å². The highest BCUT2D eigenvalue weighted by Gasteiger charge is 2.14. The fraction of sp³-hybridized carbons (Fsp3) is 0. The van der Waals surface area contributed by atoms with Crippen LogP contribution in [0.4, 0.5) is 22.7 Å². The van der Waals surface area contributed by atoms with E-state index in [2.05, 4.69) is 22.9 Å². The lowest BCUT2D eigenvalue weighted by molar-refractivity contribution is -0.299. The molecule has 0 aromatic heterocycles. The molecule has 0 amide bonds. The van der Waals surface area contributed by atoms with Gasteiger partial charge in [0, 0.05) is 12.1 Å². The SMILES string of the molecule is [NH3+]c1ccc2c([NH3+])c([NH3+])ccc2c1[NH3+]. The first kappa shape index (κ1) is 9.11. The number of quaternary nitrogens is 4. The zero-order valence-corrected chi connectivity index (χ0v) is 8.14. The second-order valence-electron chi connectivity index (χ2n) is 3.50. The summed E-state index contributed by atoms with van der Waals surface area (Å²) in [5.74, 6) is 0. The second kappa shape index (κ2) is 3.04. The Balaban J connectivity index is 2.94. The molecule has 0 bridgehead atoms. The van der Waals surface area contributed by atoms with Gasteiger partial charge in [0.1, 0.15) is 0 Å². The summed E-state index contributed by atoms with van der Waals surface area (Å²) in [7, 11) is 0. The van der Waals surface area contributed by atoms with E-state index in [0.717, 1.165) is 33.5 Å². The maximum Gasteiger partial charge on any atom is 0.197 e. The van der Waals surface area contributed by atoms with Gasteiger partial charge in [-0.15, -0.1) is 0 Å². The molecule has 2 aromatic rings. The van der Waals surface area contributed by atoms with Gasteiger partial charge >= 0.3 is 0 Å². The standard InChI is InChI=1S/C10H12N4/c11-7-3-1-5-6(10(7)14)2-4-8(12)9(5)13/h1-4H,11-14H2/p+4. The summed E-state index contributed by atoms with van der Waals surface area (Å²) in [6.07, 6.45) is 0. The number of hydrogen-bond acceptors (Lipinski definition) is 0. The molecule has 0 aliphatic carbocycles. The predicted octanol–water partition coefficient (Wildman–Crippen LogP) is -1.67. The maximum atomic E-state index is 4.01. The summed E-state index contributed by atoms with van der Waals surface area (Å²) < 4.78 is 0. The Hall–Kier alpha value is -1.46. The zero-order chi connectivity index (χ0) is 10.3. The average Bonchev–Trinajstić information content (AvgIpc) is 2.17. The molecule has 0 heterocycles. The van der Waals surface area contributed by atoms with Crippen LogP contribution < -0.4 is 22.9 Å². The molecular formula is C10H16N4+4. The monoisotopic (exact) mass is 192 g/mol. The van der Waals surface area contributed by atoms with Crippen molar-refractivity contribution in [2.45, 2.75) is 0 Å². The molecule has 2 aromatic carbocycles. The molecule has 2 rings (SSSR count).